The van der Waals surface area contributed by atoms with Crippen LogP contribution in [0, 0.1) is 0 Å². The van der Waals surface area contributed by atoms with Crippen molar-refractivity contribution in [3.63, 3.8) is 0 Å². The number of furan rings is 1. The number of carbonyl (C=O) groups is 1. The van der Waals surface area contributed by atoms with E-state index < -0.39 is 5.91 Å². The molecule has 0 saturated carbocycles. The summed E-state index contributed by atoms with van der Waals surface area (Å²) in [7, 11) is 0. The van der Waals surface area contributed by atoms with Gasteiger partial charge in [-0.1, -0.05) is 30.1 Å². The summed E-state index contributed by atoms with van der Waals surface area (Å²) in [5.74, 6) is -0.564. The lowest BCUT2D eigenvalue weighted by Crippen LogP contribution is -2.11. The van der Waals surface area contributed by atoms with Crippen LogP contribution >= 0.6 is 23.2 Å². The van der Waals surface area contributed by atoms with Gasteiger partial charge >= 0.3 is 0 Å². The second-order valence-electron chi connectivity index (χ2n) is 3.83. The summed E-state index contributed by atoms with van der Waals surface area (Å²) in [5, 5.41) is 13.0. The monoisotopic (exact) mass is 299 g/mol. The summed E-state index contributed by atoms with van der Waals surface area (Å²) in [6.07, 6.45) is 1.96. The minimum absolute atomic E-state index is 0.131. The van der Waals surface area contributed by atoms with Crippen LogP contribution < -0.4 is 5.32 Å². The first-order valence-corrected chi connectivity index (χ1v) is 6.34. The first-order chi connectivity index (χ1) is 9.04. The third kappa shape index (κ3) is 2.69. The van der Waals surface area contributed by atoms with E-state index in [1.54, 1.807) is 6.07 Å². The molecule has 0 aliphatic carbocycles. The molecular formula is C13H11Cl2NO3. The molecule has 0 radical (unpaired) electrons. The normalized spacial score (nSPS) is 10.5. The Kier molecular flexibility index (Phi) is 4.02. The molecule has 0 aliphatic rings. The molecule has 0 bridgehead atoms. The summed E-state index contributed by atoms with van der Waals surface area (Å²) >= 11 is 12.0. The third-order valence-corrected chi connectivity index (χ3v) is 3.38. The maximum Gasteiger partial charge on any atom is 0.291 e. The van der Waals surface area contributed by atoms with Gasteiger partial charge in [0.25, 0.3) is 5.91 Å². The van der Waals surface area contributed by atoms with Gasteiger partial charge in [-0.05, 0) is 30.2 Å². The van der Waals surface area contributed by atoms with Crippen molar-refractivity contribution < 1.29 is 14.3 Å². The average Bonchev–Trinajstić information content (AvgIpc) is 2.90. The Balaban J connectivity index is 2.34. The fraction of sp³-hybridized carbons (Fsp3) is 0.154. The van der Waals surface area contributed by atoms with E-state index in [4.69, 9.17) is 27.6 Å². The number of benzene rings is 1. The number of phenols is 1. The van der Waals surface area contributed by atoms with Crippen molar-refractivity contribution in [2.24, 2.45) is 0 Å². The number of anilines is 1. The Morgan fingerprint density at radius 1 is 1.47 bits per heavy atom. The highest BCUT2D eigenvalue weighted by Crippen LogP contribution is 2.39. The number of rotatable bonds is 3. The second kappa shape index (κ2) is 5.55. The number of aromatic hydroxyl groups is 1. The van der Waals surface area contributed by atoms with Crippen molar-refractivity contribution >= 4 is 34.8 Å². The molecule has 1 heterocycles. The fourth-order valence-electron chi connectivity index (χ4n) is 1.66. The number of hydrogen-bond donors (Lipinski definition) is 2. The van der Waals surface area contributed by atoms with Gasteiger partial charge in [0, 0.05) is 5.02 Å². The van der Waals surface area contributed by atoms with E-state index in [1.165, 1.54) is 18.4 Å². The van der Waals surface area contributed by atoms with Crippen LogP contribution in [0.15, 0.2) is 28.9 Å². The van der Waals surface area contributed by atoms with Crippen LogP contribution in [0.5, 0.6) is 5.75 Å². The molecule has 1 amide bonds. The number of nitrogens with one attached hydrogen (secondary N) is 1. The minimum atomic E-state index is -0.489. The van der Waals surface area contributed by atoms with Crippen LogP contribution in [-0.2, 0) is 6.42 Å². The Hall–Kier alpha value is -1.65. The molecule has 4 nitrogen and oxygen atoms in total. The lowest BCUT2D eigenvalue weighted by molar-refractivity contribution is 0.0996. The highest BCUT2D eigenvalue weighted by Gasteiger charge is 2.17. The number of halogens is 2. The predicted octanol–water partition coefficient (Wildman–Crippen LogP) is 4.11. The van der Waals surface area contributed by atoms with E-state index in [2.05, 4.69) is 5.32 Å². The molecule has 2 N–H and O–H groups in total. The summed E-state index contributed by atoms with van der Waals surface area (Å²) in [5.41, 5.74) is 0.783. The number of phenolic OH excluding ortho intramolecular Hbond substituents is 1. The minimum Gasteiger partial charge on any atom is -0.504 e. The fourth-order valence-corrected chi connectivity index (χ4v) is 2.38. The van der Waals surface area contributed by atoms with Gasteiger partial charge in [0.05, 0.1) is 17.0 Å². The quantitative estimate of drug-likeness (QED) is 0.839. The molecule has 1 aromatic carbocycles. The standard InChI is InChI=1S/C13H11Cl2NO3/c1-2-7-8(14)6-9(12(17)11(7)15)16-13(18)10-4-3-5-19-10/h3-6,17H,2H2,1H3,(H,16,18). The smallest absolute Gasteiger partial charge is 0.291 e. The van der Waals surface area contributed by atoms with Crippen LogP contribution in [0.1, 0.15) is 23.0 Å². The van der Waals surface area contributed by atoms with Crippen LogP contribution in [0.25, 0.3) is 0 Å². The molecule has 0 spiro atoms. The highest BCUT2D eigenvalue weighted by molar-refractivity contribution is 6.37. The number of carbonyl (C=O) groups excluding carboxylic acids is 1. The molecule has 2 rings (SSSR count). The third-order valence-electron chi connectivity index (χ3n) is 2.63. The molecular weight excluding hydrogens is 289 g/mol. The van der Waals surface area contributed by atoms with E-state index in [-0.39, 0.29) is 22.2 Å². The molecule has 0 unspecified atom stereocenters. The summed E-state index contributed by atoms with van der Waals surface area (Å²) < 4.78 is 4.95. The van der Waals surface area contributed by atoms with Crippen LogP contribution in [0.2, 0.25) is 10.0 Å². The van der Waals surface area contributed by atoms with Crippen molar-refractivity contribution in [1.82, 2.24) is 0 Å². The van der Waals surface area contributed by atoms with Crippen molar-refractivity contribution in [3.8, 4) is 5.75 Å². The molecule has 1 aromatic heterocycles. The van der Waals surface area contributed by atoms with Gasteiger partial charge in [-0.3, -0.25) is 4.79 Å². The molecule has 0 aliphatic heterocycles. The Morgan fingerprint density at radius 2 is 2.21 bits per heavy atom. The zero-order valence-corrected chi connectivity index (χ0v) is 11.5. The molecule has 2 aromatic rings. The molecule has 0 atom stereocenters. The maximum atomic E-state index is 11.8. The van der Waals surface area contributed by atoms with Crippen molar-refractivity contribution in [2.45, 2.75) is 13.3 Å². The summed E-state index contributed by atoms with van der Waals surface area (Å²) in [6.45, 7) is 1.87. The van der Waals surface area contributed by atoms with E-state index in [0.29, 0.717) is 17.0 Å². The van der Waals surface area contributed by atoms with Crippen molar-refractivity contribution in [3.05, 3.63) is 45.8 Å². The van der Waals surface area contributed by atoms with Gasteiger partial charge in [0.2, 0.25) is 0 Å². The highest BCUT2D eigenvalue weighted by atomic mass is 35.5. The second-order valence-corrected chi connectivity index (χ2v) is 4.62. The topological polar surface area (TPSA) is 62.5 Å². The van der Waals surface area contributed by atoms with Crippen LogP contribution in [0.3, 0.4) is 0 Å². The van der Waals surface area contributed by atoms with Gasteiger partial charge < -0.3 is 14.8 Å². The molecule has 0 saturated heterocycles. The van der Waals surface area contributed by atoms with Gasteiger partial charge in [-0.15, -0.1) is 0 Å². The first-order valence-electron chi connectivity index (χ1n) is 5.59. The number of amides is 1. The average molecular weight is 300 g/mol. The Labute approximate surface area is 119 Å². The molecule has 100 valence electrons. The molecule has 0 fully saturated rings. The van der Waals surface area contributed by atoms with Crippen LogP contribution in [0.4, 0.5) is 5.69 Å². The van der Waals surface area contributed by atoms with Crippen molar-refractivity contribution in [2.75, 3.05) is 5.32 Å². The van der Waals surface area contributed by atoms with Gasteiger partial charge in [0.1, 0.15) is 0 Å². The predicted molar refractivity (Wildman–Crippen MR) is 74.2 cm³/mol. The van der Waals surface area contributed by atoms with E-state index in [9.17, 15) is 9.90 Å². The van der Waals surface area contributed by atoms with Crippen molar-refractivity contribution in [1.29, 1.82) is 0 Å². The first kappa shape index (κ1) is 13.8. The Morgan fingerprint density at radius 3 is 2.79 bits per heavy atom. The zero-order chi connectivity index (χ0) is 14.0. The number of hydrogen-bond acceptors (Lipinski definition) is 3. The van der Waals surface area contributed by atoms with E-state index in [0.717, 1.165) is 0 Å². The largest absolute Gasteiger partial charge is 0.504 e. The molecule has 19 heavy (non-hydrogen) atoms. The molecule has 6 heteroatoms. The maximum absolute atomic E-state index is 11.8. The van der Waals surface area contributed by atoms with Gasteiger partial charge in [-0.2, -0.15) is 0 Å². The van der Waals surface area contributed by atoms with Gasteiger partial charge in [-0.25, -0.2) is 0 Å². The summed E-state index contributed by atoms with van der Waals surface area (Å²) in [4.78, 5) is 11.8. The van der Waals surface area contributed by atoms with E-state index >= 15 is 0 Å². The SMILES string of the molecule is CCc1c(Cl)cc(NC(=O)c2ccco2)c(O)c1Cl. The van der Waals surface area contributed by atoms with Gasteiger partial charge in [0.15, 0.2) is 11.5 Å². The summed E-state index contributed by atoms with van der Waals surface area (Å²) in [6, 6.07) is 4.56. The zero-order valence-electron chi connectivity index (χ0n) is 10.0. The Bertz CT molecular complexity index is 609. The van der Waals surface area contributed by atoms with Crippen LogP contribution in [-0.4, -0.2) is 11.0 Å². The van der Waals surface area contributed by atoms with E-state index in [1.807, 2.05) is 6.92 Å². The lowest BCUT2D eigenvalue weighted by atomic mass is 10.1. The lowest BCUT2D eigenvalue weighted by Gasteiger charge is -2.12.